The number of imidazole rings is 1. The Hall–Kier alpha value is -6.62. The van der Waals surface area contributed by atoms with E-state index >= 15 is 13.2 Å². The Morgan fingerprint density at radius 3 is 2.28 bits per heavy atom. The van der Waals surface area contributed by atoms with E-state index in [1.807, 2.05) is 28.9 Å². The number of amides is 3. The number of carbonyl (C=O) groups is 3. The SMILES string of the molecule is CCc1c(F)ccc2cc(O[Si](C(C)C)(C(C)C)C(C)C)cc(-c3ncc4c(N5CCC[C@@](C)(O)C5)nc(OC[C@@]56CCCN5[C@H](COC(=O)N5CCC(CN7CCC(c8cc9c(cc8F)n(C8CCC(=O)NC8=O)c(=O)n9C)CC7)CC5)CC6)nc4c3F)c12. The van der Waals surface area contributed by atoms with Gasteiger partial charge in [-0.05, 0) is 178 Å². The van der Waals surface area contributed by atoms with Gasteiger partial charge in [0.25, 0.3) is 8.32 Å². The molecule has 3 aromatic carbocycles. The number of hydrogen-bond acceptors (Lipinski definition) is 14. The minimum Gasteiger partial charge on any atom is -0.543 e. The van der Waals surface area contributed by atoms with Gasteiger partial charge in [-0.25, -0.2) is 22.8 Å². The van der Waals surface area contributed by atoms with Crippen molar-refractivity contribution < 1.29 is 46.6 Å². The summed E-state index contributed by atoms with van der Waals surface area (Å²) in [6, 6.07) is 9.24. The van der Waals surface area contributed by atoms with E-state index in [1.165, 1.54) is 21.3 Å². The van der Waals surface area contributed by atoms with Crippen molar-refractivity contribution in [3.8, 4) is 23.0 Å². The number of nitrogens with one attached hydrogen (secondary N) is 1. The predicted octanol–water partition coefficient (Wildman–Crippen LogP) is 11.5. The number of anilines is 1. The normalized spacial score (nSPS) is 23.6. The van der Waals surface area contributed by atoms with Crippen LogP contribution < -0.4 is 25.1 Å². The molecule has 484 valence electrons. The summed E-state index contributed by atoms with van der Waals surface area (Å²) in [5.41, 5.74) is 1.36. The molecule has 9 heterocycles. The summed E-state index contributed by atoms with van der Waals surface area (Å²) in [6.45, 7) is 22.8. The van der Waals surface area contributed by atoms with Crippen LogP contribution in [0.1, 0.15) is 156 Å². The minimum atomic E-state index is -2.50. The van der Waals surface area contributed by atoms with Crippen LogP contribution in [0.15, 0.2) is 47.4 Å². The molecular formula is C68H89F3N10O8Si. The van der Waals surface area contributed by atoms with Crippen molar-refractivity contribution in [3.63, 3.8) is 0 Å². The number of benzene rings is 3. The number of β-amino-alcohol motifs (C(OH)–C–C–N with tert-alkyl or cyclic N) is 1. The molecule has 0 radical (unpaired) electrons. The maximum Gasteiger partial charge on any atom is 0.409 e. The van der Waals surface area contributed by atoms with Crippen LogP contribution in [0.2, 0.25) is 16.6 Å². The van der Waals surface area contributed by atoms with Gasteiger partial charge in [-0.1, -0.05) is 54.5 Å². The first-order chi connectivity index (χ1) is 43.0. The molecule has 3 aromatic heterocycles. The second-order valence-electron chi connectivity index (χ2n) is 28.0. The predicted molar refractivity (Wildman–Crippen MR) is 343 cm³/mol. The van der Waals surface area contributed by atoms with Crippen molar-refractivity contribution in [1.29, 1.82) is 0 Å². The molecule has 0 spiro atoms. The number of aryl methyl sites for hydroxylation is 2. The topological polar surface area (TPSA) is 190 Å². The van der Waals surface area contributed by atoms with E-state index < -0.39 is 43.2 Å². The van der Waals surface area contributed by atoms with Crippen LogP contribution in [-0.2, 0) is 27.8 Å². The van der Waals surface area contributed by atoms with Crippen LogP contribution in [0.4, 0.5) is 23.8 Å². The molecule has 22 heteroatoms. The van der Waals surface area contributed by atoms with E-state index in [4.69, 9.17) is 28.9 Å². The molecule has 0 bridgehead atoms. The number of piperidine rings is 4. The van der Waals surface area contributed by atoms with E-state index in [1.54, 1.807) is 32.3 Å². The monoisotopic (exact) mass is 1260 g/mol. The number of carbonyl (C=O) groups excluding carboxylic acids is 3. The average molecular weight is 1260 g/mol. The fraction of sp³-hybridized carbons (Fsp3) is 0.603. The molecule has 90 heavy (non-hydrogen) atoms. The van der Waals surface area contributed by atoms with Gasteiger partial charge in [0.2, 0.25) is 11.8 Å². The minimum absolute atomic E-state index is 0.00702. The second-order valence-corrected chi connectivity index (χ2v) is 33.4. The van der Waals surface area contributed by atoms with Crippen molar-refractivity contribution in [1.82, 2.24) is 44.1 Å². The van der Waals surface area contributed by atoms with Gasteiger partial charge in [-0.15, -0.1) is 0 Å². The quantitative estimate of drug-likeness (QED) is 0.0648. The smallest absolute Gasteiger partial charge is 0.409 e. The number of nitrogens with zero attached hydrogens (tertiary/aromatic N) is 9. The number of halogens is 3. The molecule has 6 fully saturated rings. The molecule has 4 atom stereocenters. The third-order valence-corrected chi connectivity index (χ3v) is 27.4. The third-order valence-electron chi connectivity index (χ3n) is 21.4. The number of fused-ring (bicyclic) bond motifs is 4. The fourth-order valence-corrected chi connectivity index (χ4v) is 22.1. The molecule has 12 rings (SSSR count). The first-order valence-electron chi connectivity index (χ1n) is 33.1. The zero-order valence-corrected chi connectivity index (χ0v) is 54.8. The Morgan fingerprint density at radius 2 is 1.58 bits per heavy atom. The lowest BCUT2D eigenvalue weighted by molar-refractivity contribution is -0.135. The highest BCUT2D eigenvalue weighted by Gasteiger charge is 2.51. The lowest BCUT2D eigenvalue weighted by Crippen LogP contribution is -2.50. The molecule has 3 amide bonds. The lowest BCUT2D eigenvalue weighted by Gasteiger charge is -2.42. The van der Waals surface area contributed by atoms with Crippen LogP contribution in [0.25, 0.3) is 44.0 Å². The van der Waals surface area contributed by atoms with Crippen molar-refractivity contribution in [3.05, 3.63) is 81.7 Å². The van der Waals surface area contributed by atoms with Crippen LogP contribution in [0.5, 0.6) is 11.8 Å². The molecule has 6 saturated heterocycles. The summed E-state index contributed by atoms with van der Waals surface area (Å²) in [6.07, 6.45) is 9.85. The van der Waals surface area contributed by atoms with Crippen LogP contribution in [0.3, 0.4) is 0 Å². The van der Waals surface area contributed by atoms with Gasteiger partial charge in [-0.2, -0.15) is 9.97 Å². The first-order valence-corrected chi connectivity index (χ1v) is 35.2. The molecule has 6 aromatic rings. The number of likely N-dealkylation sites (tertiary alicyclic amines) is 2. The van der Waals surface area contributed by atoms with Gasteiger partial charge in [0.15, 0.2) is 5.82 Å². The summed E-state index contributed by atoms with van der Waals surface area (Å²) >= 11 is 0. The molecular weight excluding hydrogens is 1170 g/mol. The number of imide groups is 1. The lowest BCUT2D eigenvalue weighted by atomic mass is 9.87. The van der Waals surface area contributed by atoms with Crippen molar-refractivity contribution in [2.24, 2.45) is 13.0 Å². The van der Waals surface area contributed by atoms with Gasteiger partial charge in [0, 0.05) is 70.1 Å². The second kappa shape index (κ2) is 25.1. The third kappa shape index (κ3) is 11.8. The zero-order valence-electron chi connectivity index (χ0n) is 53.8. The Bertz CT molecular complexity index is 3780. The molecule has 2 N–H and O–H groups in total. The maximum absolute atomic E-state index is 18.0. The highest BCUT2D eigenvalue weighted by Crippen LogP contribution is 2.47. The summed E-state index contributed by atoms with van der Waals surface area (Å²) < 4.78 is 72.7. The van der Waals surface area contributed by atoms with E-state index in [2.05, 4.69) is 56.7 Å². The van der Waals surface area contributed by atoms with E-state index in [-0.39, 0.29) is 102 Å². The van der Waals surface area contributed by atoms with E-state index in [0.717, 1.165) is 82.9 Å². The van der Waals surface area contributed by atoms with Gasteiger partial charge in [0.05, 0.1) is 27.6 Å². The molecule has 1 unspecified atom stereocenters. The summed E-state index contributed by atoms with van der Waals surface area (Å²) in [4.78, 5) is 75.0. The van der Waals surface area contributed by atoms with Gasteiger partial charge < -0.3 is 33.7 Å². The number of pyridine rings is 1. The molecule has 0 saturated carbocycles. The molecule has 6 aliphatic heterocycles. The zero-order chi connectivity index (χ0) is 63.7. The van der Waals surface area contributed by atoms with Crippen molar-refractivity contribution in [2.75, 3.05) is 70.5 Å². The van der Waals surface area contributed by atoms with Crippen LogP contribution >= 0.6 is 0 Å². The van der Waals surface area contributed by atoms with Crippen molar-refractivity contribution in [2.45, 2.75) is 185 Å². The number of ether oxygens (including phenoxy) is 2. The highest BCUT2D eigenvalue weighted by atomic mass is 28.4. The Balaban J connectivity index is 0.701. The summed E-state index contributed by atoms with van der Waals surface area (Å²) in [5, 5.41) is 15.3. The highest BCUT2D eigenvalue weighted by molar-refractivity contribution is 6.78. The summed E-state index contributed by atoms with van der Waals surface area (Å²) in [5.74, 6) is -1.02. The van der Waals surface area contributed by atoms with Crippen LogP contribution in [0, 0.1) is 23.4 Å². The van der Waals surface area contributed by atoms with Gasteiger partial charge in [-0.3, -0.25) is 33.9 Å². The van der Waals surface area contributed by atoms with Gasteiger partial charge >= 0.3 is 17.8 Å². The molecule has 18 nitrogen and oxygen atoms in total. The Morgan fingerprint density at radius 1 is 0.844 bits per heavy atom. The van der Waals surface area contributed by atoms with Crippen molar-refractivity contribution >= 4 is 64.8 Å². The largest absolute Gasteiger partial charge is 0.543 e. The number of hydrogen-bond donors (Lipinski definition) is 2. The number of aliphatic hydroxyl groups is 1. The first kappa shape index (κ1) is 63.5. The number of rotatable bonds is 17. The molecule has 6 aliphatic rings. The standard InChI is InChI=1S/C68H89F3N10O8Si/c1-10-48-52(69)14-13-45-31-47(89-90(40(2)3,41(4)5)42(6)7)32-50(58(45)48)60-59(71)61-51(35-72-60)62(79-25-11-22-67(8,86)38-79)75-64(74-61)88-39-68-23-12-26-80(68)46(17-24-68)37-87-66(85)78-29-18-43(19-30-78)36-77-27-20-44(21-28-77)49-33-55-56(34-53(49)70)81(65(84)76(55)9)54-15-16-57(82)73-63(54)83/h13-14,31-35,40-44,46,54,86H,10-12,15-30,36-39H2,1-9H3,(H,73,82,83)/t46-,54?,67+,68-/m0/s1. The average Bonchev–Trinajstić information content (AvgIpc) is 1.12. The van der Waals surface area contributed by atoms with E-state index in [0.29, 0.717) is 94.9 Å². The Kier molecular flexibility index (Phi) is 17.7. The van der Waals surface area contributed by atoms with E-state index in [9.17, 15) is 24.3 Å². The summed E-state index contributed by atoms with van der Waals surface area (Å²) in [7, 11) is -0.872. The van der Waals surface area contributed by atoms with Gasteiger partial charge in [0.1, 0.15) is 53.7 Å². The molecule has 0 aliphatic carbocycles. The Labute approximate surface area is 525 Å². The fourth-order valence-electron chi connectivity index (χ4n) is 16.8. The van der Waals surface area contributed by atoms with Crippen LogP contribution in [-0.4, -0.2) is 153 Å². The maximum atomic E-state index is 18.0. The number of aromatic nitrogens is 5.